The fraction of sp³-hybridized carbons (Fsp3) is 0.188. The molecule has 132 valence electrons. The summed E-state index contributed by atoms with van der Waals surface area (Å²) in [7, 11) is 1.49. The molecule has 2 aromatic rings. The Hall–Kier alpha value is -2.29. The first-order valence-corrected chi connectivity index (χ1v) is 8.24. The fourth-order valence-corrected chi connectivity index (χ4v) is 3.62. The number of aliphatic hydroxyl groups is 1. The maximum atomic E-state index is 11.3. The summed E-state index contributed by atoms with van der Waals surface area (Å²) in [6.45, 7) is 0. The first-order valence-electron chi connectivity index (χ1n) is 6.99. The number of methoxy groups -OCH3 is 1. The standard InChI is InChI=1S/C16H14ClNO6S/c1-24-11-5-2-9(3-6-11)15(14(19)16(20)21)25-13-8-10(17)4-7-12(13)18(22)23/h2-8,14-15,19H,1H3,(H,20,21)/t14-,15+/m1/s1. The van der Waals surface area contributed by atoms with Crippen LogP contribution in [0.1, 0.15) is 10.8 Å². The first-order chi connectivity index (χ1) is 11.8. The van der Waals surface area contributed by atoms with Crippen molar-refractivity contribution in [3.8, 4) is 5.75 Å². The molecule has 0 radical (unpaired) electrons. The van der Waals surface area contributed by atoms with Gasteiger partial charge in [0.15, 0.2) is 6.10 Å². The van der Waals surface area contributed by atoms with Gasteiger partial charge in [0.05, 0.1) is 22.2 Å². The molecule has 9 heteroatoms. The molecule has 0 saturated heterocycles. The van der Waals surface area contributed by atoms with Crippen molar-refractivity contribution < 1.29 is 24.7 Å². The zero-order chi connectivity index (χ0) is 18.6. The van der Waals surface area contributed by atoms with E-state index < -0.39 is 22.2 Å². The molecule has 0 bridgehead atoms. The molecule has 2 N–H and O–H groups in total. The number of rotatable bonds is 7. The molecule has 0 fully saturated rings. The van der Waals surface area contributed by atoms with Gasteiger partial charge >= 0.3 is 5.97 Å². The van der Waals surface area contributed by atoms with Crippen LogP contribution in [0.5, 0.6) is 5.75 Å². The quantitative estimate of drug-likeness (QED) is 0.427. The average molecular weight is 384 g/mol. The number of hydrogen-bond donors (Lipinski definition) is 2. The fourth-order valence-electron chi connectivity index (χ4n) is 2.11. The Labute approximate surface area is 152 Å². The van der Waals surface area contributed by atoms with Gasteiger partial charge in [-0.1, -0.05) is 23.7 Å². The summed E-state index contributed by atoms with van der Waals surface area (Å²) >= 11 is 6.76. The molecule has 0 saturated carbocycles. The van der Waals surface area contributed by atoms with Crippen molar-refractivity contribution in [2.24, 2.45) is 0 Å². The van der Waals surface area contributed by atoms with Crippen LogP contribution in [-0.4, -0.2) is 34.3 Å². The third-order valence-electron chi connectivity index (χ3n) is 3.36. The van der Waals surface area contributed by atoms with Gasteiger partial charge in [-0.3, -0.25) is 10.1 Å². The number of benzene rings is 2. The molecule has 0 aliphatic heterocycles. The summed E-state index contributed by atoms with van der Waals surface area (Å²) in [5, 5.41) is 29.7. The lowest BCUT2D eigenvalue weighted by Gasteiger charge is -2.20. The van der Waals surface area contributed by atoms with E-state index in [2.05, 4.69) is 0 Å². The van der Waals surface area contributed by atoms with E-state index in [1.165, 1.54) is 25.3 Å². The Morgan fingerprint density at radius 1 is 1.28 bits per heavy atom. The molecule has 0 heterocycles. The monoisotopic (exact) mass is 383 g/mol. The zero-order valence-corrected chi connectivity index (χ0v) is 14.5. The average Bonchev–Trinajstić information content (AvgIpc) is 2.59. The number of aliphatic hydroxyl groups excluding tert-OH is 1. The highest BCUT2D eigenvalue weighted by atomic mass is 35.5. The Balaban J connectivity index is 2.45. The number of carboxylic acid groups (broad SMARTS) is 1. The van der Waals surface area contributed by atoms with Gasteiger partial charge in [-0.25, -0.2) is 4.79 Å². The largest absolute Gasteiger partial charge is 0.497 e. The molecule has 2 atom stereocenters. The molecule has 25 heavy (non-hydrogen) atoms. The molecule has 0 unspecified atom stereocenters. The van der Waals surface area contributed by atoms with Gasteiger partial charge in [-0.2, -0.15) is 0 Å². The lowest BCUT2D eigenvalue weighted by Crippen LogP contribution is -2.26. The van der Waals surface area contributed by atoms with Gasteiger partial charge in [0.2, 0.25) is 0 Å². The van der Waals surface area contributed by atoms with Crippen LogP contribution in [0.2, 0.25) is 5.02 Å². The number of aliphatic carboxylic acids is 1. The predicted molar refractivity (Wildman–Crippen MR) is 93.3 cm³/mol. The summed E-state index contributed by atoms with van der Waals surface area (Å²) in [6, 6.07) is 10.4. The number of ether oxygens (including phenoxy) is 1. The van der Waals surface area contributed by atoms with Gasteiger partial charge in [0.1, 0.15) is 5.75 Å². The molecule has 0 aliphatic rings. The van der Waals surface area contributed by atoms with Crippen LogP contribution in [0.15, 0.2) is 47.4 Å². The van der Waals surface area contributed by atoms with Crippen LogP contribution in [0.3, 0.4) is 0 Å². The smallest absolute Gasteiger partial charge is 0.334 e. The highest BCUT2D eigenvalue weighted by Gasteiger charge is 2.30. The predicted octanol–water partition coefficient (Wildman–Crippen LogP) is 3.54. The molecule has 0 aromatic heterocycles. The molecule has 0 aliphatic carbocycles. The van der Waals surface area contributed by atoms with Crippen molar-refractivity contribution in [1.82, 2.24) is 0 Å². The number of halogens is 1. The number of thioether (sulfide) groups is 1. The molecule has 2 aromatic carbocycles. The van der Waals surface area contributed by atoms with Crippen LogP contribution in [0.4, 0.5) is 5.69 Å². The summed E-state index contributed by atoms with van der Waals surface area (Å²) < 4.78 is 5.05. The van der Waals surface area contributed by atoms with Crippen molar-refractivity contribution in [2.75, 3.05) is 7.11 Å². The van der Waals surface area contributed by atoms with E-state index in [-0.39, 0.29) is 15.6 Å². The van der Waals surface area contributed by atoms with Gasteiger partial charge < -0.3 is 14.9 Å². The van der Waals surface area contributed by atoms with Crippen LogP contribution in [0.25, 0.3) is 0 Å². The summed E-state index contributed by atoms with van der Waals surface area (Å²) in [4.78, 5) is 22.0. The SMILES string of the molecule is COc1ccc([C@H](Sc2cc(Cl)ccc2[N+](=O)[O-])[C@@H](O)C(=O)O)cc1. The van der Waals surface area contributed by atoms with E-state index in [1.807, 2.05) is 0 Å². The van der Waals surface area contributed by atoms with Crippen molar-refractivity contribution >= 4 is 35.0 Å². The molecule has 0 spiro atoms. The number of nitrogens with zero attached hydrogens (tertiary/aromatic N) is 1. The normalized spacial score (nSPS) is 13.1. The van der Waals surface area contributed by atoms with Crippen molar-refractivity contribution in [2.45, 2.75) is 16.2 Å². The van der Waals surface area contributed by atoms with E-state index in [0.29, 0.717) is 11.3 Å². The molecular formula is C16H14ClNO6S. The van der Waals surface area contributed by atoms with E-state index in [4.69, 9.17) is 16.3 Å². The Morgan fingerprint density at radius 2 is 1.92 bits per heavy atom. The lowest BCUT2D eigenvalue weighted by molar-refractivity contribution is -0.387. The van der Waals surface area contributed by atoms with Gasteiger partial charge in [-0.05, 0) is 29.8 Å². The molecule has 0 amide bonds. The zero-order valence-electron chi connectivity index (χ0n) is 13.0. The summed E-state index contributed by atoms with van der Waals surface area (Å²) in [5.41, 5.74) is 0.264. The minimum atomic E-state index is -1.77. The Kier molecular flexibility index (Phi) is 6.24. The highest BCUT2D eigenvalue weighted by molar-refractivity contribution is 7.99. The van der Waals surface area contributed by atoms with E-state index >= 15 is 0 Å². The first kappa shape index (κ1) is 19.0. The van der Waals surface area contributed by atoms with Gasteiger partial charge in [-0.15, -0.1) is 11.8 Å². The maximum Gasteiger partial charge on any atom is 0.334 e. The maximum absolute atomic E-state index is 11.3. The van der Waals surface area contributed by atoms with E-state index in [0.717, 1.165) is 11.8 Å². The van der Waals surface area contributed by atoms with Crippen molar-refractivity contribution in [1.29, 1.82) is 0 Å². The van der Waals surface area contributed by atoms with Gasteiger partial charge in [0, 0.05) is 11.1 Å². The van der Waals surface area contributed by atoms with Crippen molar-refractivity contribution in [3.05, 3.63) is 63.2 Å². The van der Waals surface area contributed by atoms with Crippen LogP contribution >= 0.6 is 23.4 Å². The second-order valence-corrected chi connectivity index (χ2v) is 6.58. The number of hydrogen-bond acceptors (Lipinski definition) is 6. The van der Waals surface area contributed by atoms with Gasteiger partial charge in [0.25, 0.3) is 5.69 Å². The number of nitro groups is 1. The lowest BCUT2D eigenvalue weighted by atomic mass is 10.1. The highest BCUT2D eigenvalue weighted by Crippen LogP contribution is 2.43. The number of nitro benzene ring substituents is 1. The Bertz CT molecular complexity index is 783. The topological polar surface area (TPSA) is 110 Å². The molecule has 7 nitrogen and oxygen atoms in total. The molecule has 2 rings (SSSR count). The third-order valence-corrected chi connectivity index (χ3v) is 4.96. The number of carboxylic acids is 1. The van der Waals surface area contributed by atoms with Crippen LogP contribution in [-0.2, 0) is 4.79 Å². The van der Waals surface area contributed by atoms with Crippen molar-refractivity contribution in [3.63, 3.8) is 0 Å². The summed E-state index contributed by atoms with van der Waals surface area (Å²) in [5.74, 6) is -0.871. The number of carbonyl (C=O) groups is 1. The second kappa shape index (κ2) is 8.19. The Morgan fingerprint density at radius 3 is 2.44 bits per heavy atom. The van der Waals surface area contributed by atoms with Crippen LogP contribution < -0.4 is 4.74 Å². The second-order valence-electron chi connectivity index (χ2n) is 4.96. The third kappa shape index (κ3) is 4.62. The molecular weight excluding hydrogens is 370 g/mol. The summed E-state index contributed by atoms with van der Waals surface area (Å²) in [6.07, 6.45) is -1.77. The van der Waals surface area contributed by atoms with E-state index in [9.17, 15) is 25.1 Å². The minimum absolute atomic E-state index is 0.165. The van der Waals surface area contributed by atoms with E-state index in [1.54, 1.807) is 24.3 Å². The van der Waals surface area contributed by atoms with Crippen LogP contribution in [0, 0.1) is 10.1 Å². The minimum Gasteiger partial charge on any atom is -0.497 e.